The van der Waals surface area contributed by atoms with E-state index < -0.39 is 19.2 Å². The average Bonchev–Trinajstić information content (AvgIpc) is 2.49. The molecule has 1 aromatic heterocycles. The zero-order chi connectivity index (χ0) is 15.3. The number of nitrogens with zero attached hydrogens (tertiary/aromatic N) is 1. The molecule has 2 rings (SSSR count). The molecule has 1 heterocycles. The lowest BCUT2D eigenvalue weighted by Gasteiger charge is -2.17. The van der Waals surface area contributed by atoms with E-state index in [9.17, 15) is 19.4 Å². The Morgan fingerprint density at radius 1 is 1.14 bits per heavy atom. The molecule has 2 unspecified atom stereocenters. The van der Waals surface area contributed by atoms with Gasteiger partial charge in [0.1, 0.15) is 0 Å². The Balaban J connectivity index is 2.37. The molecule has 0 amide bonds. The standard InChI is InChI=1S/C15H14NO4P/c17-14(18)15(21(19)20,13-4-2-1-3-5-13)9-6-12-7-10-16-11-8-12/h1-5,7-8,10-11H,6,9H2,(H-,17,18,19,20)/p+1. The number of benzene rings is 1. The van der Waals surface area contributed by atoms with Gasteiger partial charge < -0.3 is 5.11 Å². The number of hydrogen-bond donors (Lipinski definition) is 2. The summed E-state index contributed by atoms with van der Waals surface area (Å²) in [6.45, 7) is 0. The third kappa shape index (κ3) is 3.15. The van der Waals surface area contributed by atoms with E-state index in [2.05, 4.69) is 4.98 Å². The van der Waals surface area contributed by atoms with Crippen LogP contribution in [0.25, 0.3) is 0 Å². The molecule has 108 valence electrons. The largest absolute Gasteiger partial charge is 0.528 e. The smallest absolute Gasteiger partial charge is 0.477 e. The maximum absolute atomic E-state index is 11.8. The number of carbonyl (C=O) groups is 1. The Hall–Kier alpha value is -2.10. The molecule has 5 nitrogen and oxygen atoms in total. The van der Waals surface area contributed by atoms with Crippen molar-refractivity contribution in [2.75, 3.05) is 0 Å². The summed E-state index contributed by atoms with van der Waals surface area (Å²) in [4.78, 5) is 25.3. The molecule has 6 heteroatoms. The minimum atomic E-state index is -2.93. The highest BCUT2D eigenvalue weighted by molar-refractivity contribution is 7.41. The Kier molecular flexibility index (Phi) is 4.78. The van der Waals surface area contributed by atoms with Crippen LogP contribution >= 0.6 is 8.03 Å². The van der Waals surface area contributed by atoms with Gasteiger partial charge in [0.15, 0.2) is 0 Å². The van der Waals surface area contributed by atoms with E-state index in [1.807, 2.05) is 0 Å². The first kappa shape index (κ1) is 15.3. The van der Waals surface area contributed by atoms with Crippen LogP contribution in [0.15, 0.2) is 54.9 Å². The van der Waals surface area contributed by atoms with E-state index in [4.69, 9.17) is 0 Å². The zero-order valence-electron chi connectivity index (χ0n) is 11.2. The lowest BCUT2D eigenvalue weighted by molar-refractivity contribution is -0.140. The van der Waals surface area contributed by atoms with E-state index in [1.54, 1.807) is 54.9 Å². The highest BCUT2D eigenvalue weighted by Gasteiger charge is 2.58. The van der Waals surface area contributed by atoms with Crippen LogP contribution < -0.4 is 0 Å². The van der Waals surface area contributed by atoms with Crippen molar-refractivity contribution in [3.63, 3.8) is 0 Å². The topological polar surface area (TPSA) is 87.5 Å². The van der Waals surface area contributed by atoms with E-state index in [1.165, 1.54) is 0 Å². The Morgan fingerprint density at radius 3 is 2.29 bits per heavy atom. The van der Waals surface area contributed by atoms with Gasteiger partial charge in [0.2, 0.25) is 0 Å². The average molecular weight is 304 g/mol. The van der Waals surface area contributed by atoms with Crippen LogP contribution in [0.5, 0.6) is 0 Å². The predicted octanol–water partition coefficient (Wildman–Crippen LogP) is 2.73. The number of aryl methyl sites for hydroxylation is 1. The predicted molar refractivity (Wildman–Crippen MR) is 78.1 cm³/mol. The van der Waals surface area contributed by atoms with Crippen LogP contribution in [0.2, 0.25) is 0 Å². The van der Waals surface area contributed by atoms with E-state index in [0.717, 1.165) is 5.56 Å². The molecule has 1 aromatic carbocycles. The van der Waals surface area contributed by atoms with Crippen LogP contribution in [0.4, 0.5) is 0 Å². The molecule has 21 heavy (non-hydrogen) atoms. The quantitative estimate of drug-likeness (QED) is 0.801. The van der Waals surface area contributed by atoms with Crippen molar-refractivity contribution in [3.05, 3.63) is 66.0 Å². The first-order valence-corrected chi connectivity index (χ1v) is 7.62. The SMILES string of the molecule is O=C(O)C(CCc1ccncc1)(c1ccccc1)[P+](=O)O. The second-order valence-corrected chi connectivity index (χ2v) is 5.97. The number of aliphatic carboxylic acids is 1. The summed E-state index contributed by atoms with van der Waals surface area (Å²) in [6, 6.07) is 11.7. The Bertz CT molecular complexity index is 617. The molecule has 0 radical (unpaired) electrons. The summed E-state index contributed by atoms with van der Waals surface area (Å²) in [5, 5.41) is 7.78. The number of pyridine rings is 1. The van der Waals surface area contributed by atoms with Gasteiger partial charge in [-0.25, -0.2) is 4.79 Å². The summed E-state index contributed by atoms with van der Waals surface area (Å²) >= 11 is 0. The van der Waals surface area contributed by atoms with Gasteiger partial charge in [-0.2, -0.15) is 4.89 Å². The molecule has 0 aliphatic carbocycles. The van der Waals surface area contributed by atoms with Gasteiger partial charge in [-0.05, 0) is 28.7 Å². The first-order chi connectivity index (χ1) is 10.1. The van der Waals surface area contributed by atoms with Crippen LogP contribution in [-0.4, -0.2) is 21.0 Å². The second-order valence-electron chi connectivity index (χ2n) is 4.66. The van der Waals surface area contributed by atoms with Gasteiger partial charge in [0.05, 0.1) is 0 Å². The fourth-order valence-corrected chi connectivity index (χ4v) is 3.09. The molecular weight excluding hydrogens is 289 g/mol. The van der Waals surface area contributed by atoms with Crippen molar-refractivity contribution in [2.45, 2.75) is 18.0 Å². The molecule has 0 aliphatic rings. The molecule has 0 bridgehead atoms. The van der Waals surface area contributed by atoms with Crippen LogP contribution in [-0.2, 0) is 20.9 Å². The summed E-state index contributed by atoms with van der Waals surface area (Å²) in [5.41, 5.74) is 1.22. The summed E-state index contributed by atoms with van der Waals surface area (Å²) in [6.07, 6.45) is 3.64. The molecule has 2 atom stereocenters. The number of carboxylic acid groups (broad SMARTS) is 1. The molecular formula is C15H15NO4P+. The maximum Gasteiger partial charge on any atom is 0.528 e. The lowest BCUT2D eigenvalue weighted by Crippen LogP contribution is -2.33. The van der Waals surface area contributed by atoms with E-state index >= 15 is 0 Å². The van der Waals surface area contributed by atoms with Crippen LogP contribution in [0.3, 0.4) is 0 Å². The highest BCUT2D eigenvalue weighted by Crippen LogP contribution is 2.48. The molecule has 2 N–H and O–H groups in total. The van der Waals surface area contributed by atoms with Crippen molar-refractivity contribution in [2.24, 2.45) is 0 Å². The minimum absolute atomic E-state index is 0.0437. The van der Waals surface area contributed by atoms with Gasteiger partial charge in [-0.15, -0.1) is 0 Å². The van der Waals surface area contributed by atoms with Crippen molar-refractivity contribution in [3.8, 4) is 0 Å². The van der Waals surface area contributed by atoms with E-state index in [0.29, 0.717) is 12.0 Å². The lowest BCUT2D eigenvalue weighted by atomic mass is 9.91. The van der Waals surface area contributed by atoms with Gasteiger partial charge in [-0.3, -0.25) is 4.98 Å². The number of hydrogen-bond acceptors (Lipinski definition) is 3. The summed E-state index contributed by atoms with van der Waals surface area (Å²) in [5.74, 6) is -1.29. The molecule has 0 saturated heterocycles. The third-order valence-electron chi connectivity index (χ3n) is 3.46. The fraction of sp³-hybridized carbons (Fsp3) is 0.200. The number of aromatic nitrogens is 1. The van der Waals surface area contributed by atoms with Gasteiger partial charge in [0.25, 0.3) is 0 Å². The van der Waals surface area contributed by atoms with E-state index in [-0.39, 0.29) is 6.42 Å². The second kappa shape index (κ2) is 6.57. The van der Waals surface area contributed by atoms with Crippen molar-refractivity contribution < 1.29 is 19.4 Å². The number of rotatable bonds is 6. The molecule has 0 spiro atoms. The summed E-state index contributed by atoms with van der Waals surface area (Å²) in [7, 11) is -2.93. The number of carboxylic acids is 1. The van der Waals surface area contributed by atoms with Crippen molar-refractivity contribution in [1.82, 2.24) is 4.98 Å². The van der Waals surface area contributed by atoms with Crippen molar-refractivity contribution in [1.29, 1.82) is 0 Å². The van der Waals surface area contributed by atoms with Gasteiger partial charge in [0, 0.05) is 24.4 Å². The van der Waals surface area contributed by atoms with Crippen LogP contribution in [0.1, 0.15) is 17.5 Å². The van der Waals surface area contributed by atoms with Crippen molar-refractivity contribution >= 4 is 14.0 Å². The zero-order valence-corrected chi connectivity index (χ0v) is 12.1. The Morgan fingerprint density at radius 2 is 1.76 bits per heavy atom. The van der Waals surface area contributed by atoms with Gasteiger partial charge in [-0.1, -0.05) is 30.3 Å². The minimum Gasteiger partial charge on any atom is -0.477 e. The fourth-order valence-electron chi connectivity index (χ4n) is 2.25. The monoisotopic (exact) mass is 304 g/mol. The molecule has 2 aromatic rings. The normalized spacial score (nSPS) is 14.2. The molecule has 0 fully saturated rings. The highest BCUT2D eigenvalue weighted by atomic mass is 31.1. The van der Waals surface area contributed by atoms with Gasteiger partial charge >= 0.3 is 19.2 Å². The summed E-state index contributed by atoms with van der Waals surface area (Å²) < 4.78 is 11.8. The first-order valence-electron chi connectivity index (χ1n) is 6.41. The Labute approximate surface area is 123 Å². The van der Waals surface area contributed by atoms with Crippen LogP contribution in [0, 0.1) is 0 Å². The third-order valence-corrected chi connectivity index (χ3v) is 4.78. The maximum atomic E-state index is 11.8. The molecule has 0 aliphatic heterocycles. The molecule has 0 saturated carbocycles.